The number of carbonyl (C=O) groups is 3. The fraction of sp³-hybridized carbons (Fsp3) is 0.550. The zero-order valence-electron chi connectivity index (χ0n) is 16.4. The first kappa shape index (κ1) is 20.3. The minimum absolute atomic E-state index is 0.232. The van der Waals surface area contributed by atoms with Crippen LogP contribution in [0.2, 0.25) is 0 Å². The van der Waals surface area contributed by atoms with Crippen LogP contribution in [0.15, 0.2) is 24.3 Å². The lowest BCUT2D eigenvalue weighted by atomic mass is 9.88. The lowest BCUT2D eigenvalue weighted by molar-refractivity contribution is -0.189. The van der Waals surface area contributed by atoms with Crippen molar-refractivity contribution < 1.29 is 28.6 Å². The van der Waals surface area contributed by atoms with Gasteiger partial charge in [0, 0.05) is 31.6 Å². The quantitative estimate of drug-likeness (QED) is 0.622. The van der Waals surface area contributed by atoms with E-state index in [2.05, 4.69) is 10.1 Å². The summed E-state index contributed by atoms with van der Waals surface area (Å²) in [4.78, 5) is 38.9. The van der Waals surface area contributed by atoms with Crippen LogP contribution in [0.4, 0.5) is 5.69 Å². The molecule has 2 aliphatic rings. The van der Waals surface area contributed by atoms with Gasteiger partial charge in [-0.2, -0.15) is 0 Å². The molecule has 0 aliphatic carbocycles. The molecule has 3 rings (SSSR count). The van der Waals surface area contributed by atoms with Gasteiger partial charge in [0.1, 0.15) is 5.41 Å². The number of benzene rings is 1. The van der Waals surface area contributed by atoms with Crippen LogP contribution in [0.3, 0.4) is 0 Å². The largest absolute Gasteiger partial charge is 0.465 e. The summed E-state index contributed by atoms with van der Waals surface area (Å²) in [6.07, 6.45) is 1.21. The Morgan fingerprint density at radius 1 is 1.07 bits per heavy atom. The summed E-state index contributed by atoms with van der Waals surface area (Å²) in [5.74, 6) is -1.66. The third-order valence-corrected chi connectivity index (χ3v) is 5.29. The van der Waals surface area contributed by atoms with Gasteiger partial charge >= 0.3 is 5.97 Å². The van der Waals surface area contributed by atoms with Gasteiger partial charge in [-0.25, -0.2) is 4.79 Å². The SMILES string of the molecule is COC(=O)c1ccc(NC(=O)C(C)(C)C(=O)N2CCC3(CC2)OCCO3)cc1. The molecule has 1 aromatic rings. The Morgan fingerprint density at radius 3 is 2.18 bits per heavy atom. The van der Waals surface area contributed by atoms with E-state index in [1.807, 2.05) is 0 Å². The zero-order valence-corrected chi connectivity index (χ0v) is 16.4. The molecular weight excluding hydrogens is 364 g/mol. The van der Waals surface area contributed by atoms with Crippen LogP contribution in [-0.2, 0) is 23.8 Å². The minimum atomic E-state index is -1.23. The van der Waals surface area contributed by atoms with Gasteiger partial charge in [0.25, 0.3) is 0 Å². The van der Waals surface area contributed by atoms with Gasteiger partial charge in [-0.3, -0.25) is 9.59 Å². The maximum Gasteiger partial charge on any atom is 0.337 e. The number of ether oxygens (including phenoxy) is 3. The highest BCUT2D eigenvalue weighted by Crippen LogP contribution is 2.33. The molecule has 0 bridgehead atoms. The van der Waals surface area contributed by atoms with E-state index in [9.17, 15) is 14.4 Å². The first-order chi connectivity index (χ1) is 13.3. The summed E-state index contributed by atoms with van der Waals surface area (Å²) in [5.41, 5.74) is -0.346. The molecule has 2 heterocycles. The van der Waals surface area contributed by atoms with E-state index in [1.165, 1.54) is 7.11 Å². The highest BCUT2D eigenvalue weighted by molar-refractivity contribution is 6.10. The Balaban J connectivity index is 1.60. The molecule has 1 aromatic carbocycles. The van der Waals surface area contributed by atoms with Crippen LogP contribution >= 0.6 is 0 Å². The summed E-state index contributed by atoms with van der Waals surface area (Å²) >= 11 is 0. The van der Waals surface area contributed by atoms with Crippen LogP contribution in [0.5, 0.6) is 0 Å². The number of anilines is 1. The van der Waals surface area contributed by atoms with E-state index in [4.69, 9.17) is 9.47 Å². The molecule has 2 fully saturated rings. The smallest absolute Gasteiger partial charge is 0.337 e. The number of amides is 2. The summed E-state index contributed by atoms with van der Waals surface area (Å²) < 4.78 is 16.0. The minimum Gasteiger partial charge on any atom is -0.465 e. The number of nitrogens with zero attached hydrogens (tertiary/aromatic N) is 1. The Morgan fingerprint density at radius 2 is 1.64 bits per heavy atom. The maximum absolute atomic E-state index is 13.0. The van der Waals surface area contributed by atoms with Crippen LogP contribution in [-0.4, -0.2) is 61.9 Å². The van der Waals surface area contributed by atoms with Crippen molar-refractivity contribution >= 4 is 23.5 Å². The molecule has 1 spiro atoms. The fourth-order valence-electron chi connectivity index (χ4n) is 3.42. The zero-order chi connectivity index (χ0) is 20.4. The molecule has 0 radical (unpaired) electrons. The standard InChI is InChI=1S/C20H26N2O6/c1-19(2,17(24)21-15-6-4-14(5-7-15)16(23)26-3)18(25)22-10-8-20(9-11-22)27-12-13-28-20/h4-7H,8-13H2,1-3H3,(H,21,24). The number of likely N-dealkylation sites (tertiary alicyclic amines) is 1. The van der Waals surface area contributed by atoms with E-state index >= 15 is 0 Å². The van der Waals surface area contributed by atoms with Gasteiger partial charge in [-0.15, -0.1) is 0 Å². The van der Waals surface area contributed by atoms with Crippen molar-refractivity contribution in [2.45, 2.75) is 32.5 Å². The highest BCUT2D eigenvalue weighted by Gasteiger charge is 2.45. The first-order valence-corrected chi connectivity index (χ1v) is 9.34. The normalized spacial score (nSPS) is 18.8. The molecule has 28 heavy (non-hydrogen) atoms. The number of rotatable bonds is 4. The van der Waals surface area contributed by atoms with E-state index in [0.29, 0.717) is 50.4 Å². The predicted octanol–water partition coefficient (Wildman–Crippen LogP) is 1.80. The summed E-state index contributed by atoms with van der Waals surface area (Å²) in [6, 6.07) is 6.32. The molecule has 0 aromatic heterocycles. The Bertz CT molecular complexity index is 742. The van der Waals surface area contributed by atoms with Crippen LogP contribution in [0, 0.1) is 5.41 Å². The fourth-order valence-corrected chi connectivity index (χ4v) is 3.42. The van der Waals surface area contributed by atoms with Crippen molar-refractivity contribution in [2.24, 2.45) is 5.41 Å². The number of hydrogen-bond acceptors (Lipinski definition) is 6. The van der Waals surface area contributed by atoms with Crippen LogP contribution in [0.25, 0.3) is 0 Å². The third kappa shape index (κ3) is 4.02. The van der Waals surface area contributed by atoms with Gasteiger partial charge < -0.3 is 24.4 Å². The number of piperidine rings is 1. The van der Waals surface area contributed by atoms with Crippen LogP contribution < -0.4 is 5.32 Å². The molecule has 8 nitrogen and oxygen atoms in total. The van der Waals surface area contributed by atoms with E-state index in [-0.39, 0.29) is 5.91 Å². The Kier molecular flexibility index (Phi) is 5.71. The average Bonchev–Trinajstić information content (AvgIpc) is 3.15. The average molecular weight is 390 g/mol. The van der Waals surface area contributed by atoms with Crippen molar-refractivity contribution in [3.8, 4) is 0 Å². The molecule has 2 amide bonds. The van der Waals surface area contributed by atoms with E-state index in [0.717, 1.165) is 0 Å². The van der Waals surface area contributed by atoms with Crippen molar-refractivity contribution in [1.82, 2.24) is 4.90 Å². The number of esters is 1. The second-order valence-corrected chi connectivity index (χ2v) is 7.55. The van der Waals surface area contributed by atoms with Crippen molar-refractivity contribution in [1.29, 1.82) is 0 Å². The molecule has 152 valence electrons. The molecule has 0 saturated carbocycles. The van der Waals surface area contributed by atoms with Gasteiger partial charge in [0.05, 0.1) is 25.9 Å². The summed E-state index contributed by atoms with van der Waals surface area (Å²) in [6.45, 7) is 5.36. The van der Waals surface area contributed by atoms with Gasteiger partial charge in [-0.05, 0) is 38.1 Å². The maximum atomic E-state index is 13.0. The third-order valence-electron chi connectivity index (χ3n) is 5.29. The molecule has 1 N–H and O–H groups in total. The van der Waals surface area contributed by atoms with Gasteiger partial charge in [0.15, 0.2) is 5.79 Å². The first-order valence-electron chi connectivity index (χ1n) is 9.34. The molecule has 2 aliphatic heterocycles. The Hall–Kier alpha value is -2.45. The van der Waals surface area contributed by atoms with Crippen molar-refractivity contribution in [2.75, 3.05) is 38.7 Å². The van der Waals surface area contributed by atoms with Gasteiger partial charge in [-0.1, -0.05) is 0 Å². The number of nitrogens with one attached hydrogen (secondary N) is 1. The van der Waals surface area contributed by atoms with E-state index in [1.54, 1.807) is 43.0 Å². The van der Waals surface area contributed by atoms with Crippen LogP contribution in [0.1, 0.15) is 37.0 Å². The topological polar surface area (TPSA) is 94.2 Å². The van der Waals surface area contributed by atoms with Crippen molar-refractivity contribution in [3.63, 3.8) is 0 Å². The Labute approximate surface area is 164 Å². The second-order valence-electron chi connectivity index (χ2n) is 7.55. The lowest BCUT2D eigenvalue weighted by Crippen LogP contribution is -2.53. The molecule has 2 saturated heterocycles. The van der Waals surface area contributed by atoms with E-state index < -0.39 is 23.1 Å². The number of hydrogen-bond donors (Lipinski definition) is 1. The molecule has 8 heteroatoms. The lowest BCUT2D eigenvalue weighted by Gasteiger charge is -2.40. The highest BCUT2D eigenvalue weighted by atomic mass is 16.7. The number of methoxy groups -OCH3 is 1. The monoisotopic (exact) mass is 390 g/mol. The van der Waals surface area contributed by atoms with Crippen molar-refractivity contribution in [3.05, 3.63) is 29.8 Å². The summed E-state index contributed by atoms with van der Waals surface area (Å²) in [5, 5.41) is 2.75. The summed E-state index contributed by atoms with van der Waals surface area (Å²) in [7, 11) is 1.31. The van der Waals surface area contributed by atoms with Gasteiger partial charge in [0.2, 0.25) is 11.8 Å². The predicted molar refractivity (Wildman–Crippen MR) is 101 cm³/mol. The molecule has 0 atom stereocenters. The number of carbonyl (C=O) groups excluding carboxylic acids is 3. The second kappa shape index (κ2) is 7.89. The molecular formula is C20H26N2O6. The molecule has 0 unspecified atom stereocenters.